The lowest BCUT2D eigenvalue weighted by atomic mass is 10.0. The van der Waals surface area contributed by atoms with Crippen LogP contribution in [-0.2, 0) is 4.79 Å². The normalized spacial score (nSPS) is 12.0. The largest absolute Gasteiger partial charge is 0.298 e. The summed E-state index contributed by atoms with van der Waals surface area (Å²) in [6, 6.07) is 16.5. The smallest absolute Gasteiger partial charge is 0.250 e. The van der Waals surface area contributed by atoms with Crippen molar-refractivity contribution in [3.05, 3.63) is 64.9 Å². The second-order valence-electron chi connectivity index (χ2n) is 5.74. The van der Waals surface area contributed by atoms with E-state index in [1.54, 1.807) is 17.4 Å². The number of anilines is 1. The summed E-state index contributed by atoms with van der Waals surface area (Å²) in [6.45, 7) is 0. The van der Waals surface area contributed by atoms with E-state index in [1.807, 2.05) is 23.6 Å². The zero-order valence-electron chi connectivity index (χ0n) is 13.0. The summed E-state index contributed by atoms with van der Waals surface area (Å²) in [4.78, 5) is 19.0. The van der Waals surface area contributed by atoms with Gasteiger partial charge in [0.15, 0.2) is 5.13 Å². The molecule has 0 fully saturated rings. The predicted molar refractivity (Wildman–Crippen MR) is 106 cm³/mol. The molecule has 1 amide bonds. The molecule has 3 nitrogen and oxygen atoms in total. The van der Waals surface area contributed by atoms with Gasteiger partial charge in [0.25, 0.3) is 0 Å². The highest BCUT2D eigenvalue weighted by Gasteiger charge is 2.25. The van der Waals surface area contributed by atoms with E-state index in [4.69, 9.17) is 0 Å². The van der Waals surface area contributed by atoms with Gasteiger partial charge in [-0.2, -0.15) is 0 Å². The molecule has 0 saturated carbocycles. The Morgan fingerprint density at radius 2 is 1.88 bits per heavy atom. The minimum absolute atomic E-state index is 0.160. The van der Waals surface area contributed by atoms with Crippen LogP contribution >= 0.6 is 22.7 Å². The quantitative estimate of drug-likeness (QED) is 0.422. The van der Waals surface area contributed by atoms with Gasteiger partial charge in [0.05, 0.1) is 10.6 Å². The van der Waals surface area contributed by atoms with Crippen LogP contribution in [0.25, 0.3) is 38.5 Å². The number of nitrogens with one attached hydrogen (secondary N) is 1. The number of thiazole rings is 1. The lowest BCUT2D eigenvalue weighted by Crippen LogP contribution is -2.07. The molecule has 0 saturated heterocycles. The highest BCUT2D eigenvalue weighted by Crippen LogP contribution is 2.50. The van der Waals surface area contributed by atoms with E-state index < -0.39 is 0 Å². The van der Waals surface area contributed by atoms with E-state index in [2.05, 4.69) is 46.7 Å². The highest BCUT2D eigenvalue weighted by molar-refractivity contribution is 7.20. The molecule has 25 heavy (non-hydrogen) atoms. The highest BCUT2D eigenvalue weighted by atomic mass is 32.1. The van der Waals surface area contributed by atoms with Crippen LogP contribution in [0.2, 0.25) is 0 Å². The van der Waals surface area contributed by atoms with Crippen LogP contribution < -0.4 is 5.32 Å². The van der Waals surface area contributed by atoms with Gasteiger partial charge in [-0.15, -0.1) is 11.3 Å². The van der Waals surface area contributed by atoms with Crippen molar-refractivity contribution < 1.29 is 4.79 Å². The van der Waals surface area contributed by atoms with Gasteiger partial charge < -0.3 is 0 Å². The second kappa shape index (κ2) is 5.65. The first-order valence-electron chi connectivity index (χ1n) is 7.85. The Labute approximate surface area is 152 Å². The number of fused-ring (bicyclic) bond motifs is 3. The van der Waals surface area contributed by atoms with Gasteiger partial charge in [0.1, 0.15) is 0 Å². The summed E-state index contributed by atoms with van der Waals surface area (Å²) < 4.78 is 0. The molecular formula is C20H12N2OS2. The average molecular weight is 360 g/mol. The van der Waals surface area contributed by atoms with Crippen molar-refractivity contribution >= 4 is 50.6 Å². The van der Waals surface area contributed by atoms with Crippen LogP contribution in [0.15, 0.2) is 60.0 Å². The molecule has 2 heterocycles. The third kappa shape index (κ3) is 2.40. The van der Waals surface area contributed by atoms with E-state index in [-0.39, 0.29) is 5.91 Å². The van der Waals surface area contributed by atoms with Gasteiger partial charge in [-0.05, 0) is 28.3 Å². The molecule has 0 atom stereocenters. The molecule has 4 aromatic rings. The summed E-state index contributed by atoms with van der Waals surface area (Å²) in [6.07, 6.45) is 3.37. The Hall–Kier alpha value is -2.76. The van der Waals surface area contributed by atoms with Crippen LogP contribution in [0.5, 0.6) is 0 Å². The molecule has 120 valence electrons. The first-order chi connectivity index (χ1) is 12.3. The first kappa shape index (κ1) is 14.6. The van der Waals surface area contributed by atoms with E-state index in [0.29, 0.717) is 5.13 Å². The van der Waals surface area contributed by atoms with Gasteiger partial charge in [0, 0.05) is 22.1 Å². The summed E-state index contributed by atoms with van der Waals surface area (Å²) >= 11 is 3.13. The number of nitrogens with zero attached hydrogens (tertiary/aromatic N) is 1. The lowest BCUT2D eigenvalue weighted by Gasteiger charge is -2.02. The Balaban J connectivity index is 1.46. The molecular weight excluding hydrogens is 348 g/mol. The molecule has 5 rings (SSSR count). The summed E-state index contributed by atoms with van der Waals surface area (Å²) in [5.41, 5.74) is 3.32. The zero-order valence-corrected chi connectivity index (χ0v) is 14.7. The van der Waals surface area contributed by atoms with E-state index in [9.17, 15) is 4.79 Å². The Morgan fingerprint density at radius 3 is 2.68 bits per heavy atom. The molecule has 0 spiro atoms. The molecule has 1 aliphatic rings. The first-order valence-corrected chi connectivity index (χ1v) is 9.55. The van der Waals surface area contributed by atoms with Crippen molar-refractivity contribution in [1.29, 1.82) is 0 Å². The average Bonchev–Trinajstić information content (AvgIpc) is 3.33. The fourth-order valence-corrected chi connectivity index (χ4v) is 4.79. The van der Waals surface area contributed by atoms with E-state index in [0.717, 1.165) is 21.0 Å². The van der Waals surface area contributed by atoms with Crippen LogP contribution in [0, 0.1) is 0 Å². The van der Waals surface area contributed by atoms with Crippen molar-refractivity contribution in [1.82, 2.24) is 4.98 Å². The maximum Gasteiger partial charge on any atom is 0.250 e. The number of carbonyl (C=O) groups is 1. The number of thiophene rings is 1. The summed E-state index contributed by atoms with van der Waals surface area (Å²) in [7, 11) is 0. The number of hydrogen-bond acceptors (Lipinski definition) is 4. The van der Waals surface area contributed by atoms with Gasteiger partial charge in [-0.1, -0.05) is 53.8 Å². The van der Waals surface area contributed by atoms with Crippen molar-refractivity contribution in [2.24, 2.45) is 0 Å². The van der Waals surface area contributed by atoms with Gasteiger partial charge >= 0.3 is 0 Å². The van der Waals surface area contributed by atoms with Crippen molar-refractivity contribution in [2.75, 3.05) is 5.32 Å². The minimum Gasteiger partial charge on any atom is -0.298 e. The third-order valence-corrected chi connectivity index (χ3v) is 6.05. The molecule has 2 aromatic carbocycles. The van der Waals surface area contributed by atoms with Gasteiger partial charge in [-0.25, -0.2) is 4.98 Å². The number of hydrogen-bond donors (Lipinski definition) is 1. The van der Waals surface area contributed by atoms with E-state index >= 15 is 0 Å². The monoisotopic (exact) mass is 360 g/mol. The second-order valence-corrected chi connectivity index (χ2v) is 7.72. The predicted octanol–water partition coefficient (Wildman–Crippen LogP) is 5.66. The van der Waals surface area contributed by atoms with Gasteiger partial charge in [0.2, 0.25) is 5.91 Å². The number of aromatic nitrogens is 1. The third-order valence-electron chi connectivity index (χ3n) is 4.20. The summed E-state index contributed by atoms with van der Waals surface area (Å²) in [5.74, 6) is -0.160. The molecule has 0 radical (unpaired) electrons. The number of carbonyl (C=O) groups excluding carboxylic acids is 1. The molecule has 5 heteroatoms. The topological polar surface area (TPSA) is 42.0 Å². The van der Waals surface area contributed by atoms with Crippen LogP contribution in [0.1, 0.15) is 4.88 Å². The maximum absolute atomic E-state index is 12.1. The van der Waals surface area contributed by atoms with Crippen molar-refractivity contribution in [3.8, 4) is 21.7 Å². The molecule has 2 aromatic heterocycles. The Bertz CT molecular complexity index is 1080. The van der Waals surface area contributed by atoms with Crippen LogP contribution in [0.4, 0.5) is 5.13 Å². The zero-order chi connectivity index (χ0) is 16.8. The molecule has 0 bridgehead atoms. The van der Waals surface area contributed by atoms with Crippen molar-refractivity contribution in [3.63, 3.8) is 0 Å². The summed E-state index contributed by atoms with van der Waals surface area (Å²) in [5, 5.41) is 7.99. The molecule has 0 aliphatic heterocycles. The van der Waals surface area contributed by atoms with E-state index in [1.165, 1.54) is 27.7 Å². The maximum atomic E-state index is 12.1. The molecule has 1 N–H and O–H groups in total. The van der Waals surface area contributed by atoms with Crippen LogP contribution in [0.3, 0.4) is 0 Å². The molecule has 1 aliphatic carbocycles. The fraction of sp³-hybridized carbons (Fsp3) is 0. The number of rotatable bonds is 3. The standard InChI is InChI=1S/C20H12N2OS2/c23-16(10-9-13-6-3-11-24-13)21-20-22-18-14-7-1-4-12-5-2-8-15(17(12)14)19(18)25-20/h1-11H,(H,21,22,23)/b10-9+. The van der Waals surface area contributed by atoms with Crippen molar-refractivity contribution in [2.45, 2.75) is 0 Å². The Kier molecular flexibility index (Phi) is 3.29. The number of benzene rings is 2. The van der Waals surface area contributed by atoms with Gasteiger partial charge in [-0.3, -0.25) is 10.1 Å². The Morgan fingerprint density at radius 1 is 1.04 bits per heavy atom. The van der Waals surface area contributed by atoms with Crippen LogP contribution in [-0.4, -0.2) is 10.9 Å². The number of amides is 1. The SMILES string of the molecule is O=C(/C=C/c1cccs1)Nc1nc2c(s1)-c1cccc3cccc-2c13. The fourth-order valence-electron chi connectivity index (χ4n) is 3.16. The minimum atomic E-state index is -0.160. The lowest BCUT2D eigenvalue weighted by molar-refractivity contribution is -0.111. The molecule has 0 unspecified atom stereocenters.